The molecule has 0 aliphatic carbocycles. The van der Waals surface area contributed by atoms with E-state index in [2.05, 4.69) is 0 Å². The van der Waals surface area contributed by atoms with Gasteiger partial charge in [0.2, 0.25) is 0 Å². The number of rotatable bonds is 2. The highest BCUT2D eigenvalue weighted by Gasteiger charge is 2.40. The topological polar surface area (TPSA) is 46.6 Å². The molecule has 1 aliphatic rings. The molecule has 0 spiro atoms. The number of amides is 2. The molecule has 4 nitrogen and oxygen atoms in total. The predicted octanol–water partition coefficient (Wildman–Crippen LogP) is 3.82. The molecule has 0 saturated carbocycles. The molecular weight excluding hydrogens is 323 g/mol. The average molecular weight is 335 g/mol. The number of halogens is 3. The summed E-state index contributed by atoms with van der Waals surface area (Å²) in [6.45, 7) is 1.43. The van der Waals surface area contributed by atoms with Gasteiger partial charge in [-0.05, 0) is 36.8 Å². The van der Waals surface area contributed by atoms with Crippen LogP contribution in [0.2, 0.25) is 0 Å². The lowest BCUT2D eigenvalue weighted by molar-refractivity contribution is -0.138. The van der Waals surface area contributed by atoms with Gasteiger partial charge in [-0.3, -0.25) is 9.59 Å². The van der Waals surface area contributed by atoms with E-state index in [0.717, 1.165) is 18.1 Å². The Balaban J connectivity index is 2.17. The van der Waals surface area contributed by atoms with E-state index in [4.69, 9.17) is 4.74 Å². The lowest BCUT2D eigenvalue weighted by Crippen LogP contribution is -2.29. The molecule has 2 aromatic carbocycles. The number of hydrogen-bond acceptors (Lipinski definition) is 3. The minimum absolute atomic E-state index is 0.133. The van der Waals surface area contributed by atoms with Crippen molar-refractivity contribution in [2.45, 2.75) is 13.1 Å². The highest BCUT2D eigenvalue weighted by molar-refractivity contribution is 6.34. The molecular formula is C17H12F3NO3. The summed E-state index contributed by atoms with van der Waals surface area (Å²) in [5.41, 5.74) is -0.642. The van der Waals surface area contributed by atoms with Gasteiger partial charge in [-0.25, -0.2) is 4.90 Å². The smallest absolute Gasteiger partial charge is 0.420 e. The van der Waals surface area contributed by atoms with E-state index in [9.17, 15) is 22.8 Å². The number of hydrogen-bond donors (Lipinski definition) is 0. The second-order valence-corrected chi connectivity index (χ2v) is 5.33. The third-order valence-corrected chi connectivity index (χ3v) is 3.82. The number of alkyl halides is 3. The van der Waals surface area contributed by atoms with Gasteiger partial charge >= 0.3 is 6.18 Å². The molecule has 1 aliphatic heterocycles. The molecule has 124 valence electrons. The van der Waals surface area contributed by atoms with E-state index in [-0.39, 0.29) is 28.1 Å². The number of aryl methyl sites for hydroxylation is 1. The maximum absolute atomic E-state index is 13.3. The zero-order valence-electron chi connectivity index (χ0n) is 12.8. The maximum atomic E-state index is 13.3. The summed E-state index contributed by atoms with van der Waals surface area (Å²) in [5, 5.41) is 0. The molecule has 3 rings (SSSR count). The average Bonchev–Trinajstić information content (AvgIpc) is 2.78. The second-order valence-electron chi connectivity index (χ2n) is 5.33. The summed E-state index contributed by atoms with van der Waals surface area (Å²) in [4.78, 5) is 25.6. The van der Waals surface area contributed by atoms with Crippen LogP contribution in [0.5, 0.6) is 5.75 Å². The normalized spacial score (nSPS) is 14.1. The van der Waals surface area contributed by atoms with Crippen molar-refractivity contribution in [1.82, 2.24) is 0 Å². The lowest BCUT2D eigenvalue weighted by atomic mass is 10.1. The number of methoxy groups -OCH3 is 1. The molecule has 0 N–H and O–H groups in total. The predicted molar refractivity (Wildman–Crippen MR) is 80.3 cm³/mol. The maximum Gasteiger partial charge on any atom is 0.420 e. The standard InChI is InChI=1S/C17H12F3NO3/c1-9-7-10(8-13(14(9)24-2)17(18,19)20)21-15(22)11-5-3-4-6-12(11)16(21)23/h3-8H,1-2H3. The third kappa shape index (κ3) is 2.33. The summed E-state index contributed by atoms with van der Waals surface area (Å²) in [5.74, 6) is -1.62. The van der Waals surface area contributed by atoms with Crippen molar-refractivity contribution in [3.05, 3.63) is 58.7 Å². The van der Waals surface area contributed by atoms with Crippen molar-refractivity contribution < 1.29 is 27.5 Å². The third-order valence-electron chi connectivity index (χ3n) is 3.82. The molecule has 7 heteroatoms. The van der Waals surface area contributed by atoms with Gasteiger partial charge in [0.05, 0.1) is 29.5 Å². The Morgan fingerprint density at radius 3 is 2.00 bits per heavy atom. The van der Waals surface area contributed by atoms with E-state index in [1.54, 1.807) is 12.1 Å². The number of carbonyl (C=O) groups excluding carboxylic acids is 2. The summed E-state index contributed by atoms with van der Waals surface area (Å²) in [6, 6.07) is 8.21. The van der Waals surface area contributed by atoms with Gasteiger partial charge < -0.3 is 4.74 Å². The molecule has 24 heavy (non-hydrogen) atoms. The Morgan fingerprint density at radius 1 is 1.00 bits per heavy atom. The van der Waals surface area contributed by atoms with Crippen molar-refractivity contribution in [3.8, 4) is 5.75 Å². The number of anilines is 1. The van der Waals surface area contributed by atoms with Crippen LogP contribution in [0.25, 0.3) is 0 Å². The van der Waals surface area contributed by atoms with Gasteiger partial charge in [0.15, 0.2) is 0 Å². The van der Waals surface area contributed by atoms with E-state index in [1.165, 1.54) is 25.1 Å². The Labute approximate surface area is 135 Å². The monoisotopic (exact) mass is 335 g/mol. The van der Waals surface area contributed by atoms with Crippen LogP contribution in [-0.2, 0) is 6.18 Å². The molecule has 0 saturated heterocycles. The van der Waals surface area contributed by atoms with Crippen molar-refractivity contribution in [2.24, 2.45) is 0 Å². The zero-order valence-corrected chi connectivity index (χ0v) is 12.8. The fourth-order valence-electron chi connectivity index (χ4n) is 2.79. The first-order chi connectivity index (χ1) is 11.3. The van der Waals surface area contributed by atoms with Crippen molar-refractivity contribution in [2.75, 3.05) is 12.0 Å². The van der Waals surface area contributed by atoms with Gasteiger partial charge in [-0.2, -0.15) is 13.2 Å². The number of carbonyl (C=O) groups is 2. The zero-order chi connectivity index (χ0) is 17.6. The Kier molecular flexibility index (Phi) is 3.59. The Morgan fingerprint density at radius 2 is 1.54 bits per heavy atom. The molecule has 0 unspecified atom stereocenters. The summed E-state index contributed by atoms with van der Waals surface area (Å²) in [6.07, 6.45) is -4.68. The Hall–Kier alpha value is -2.83. The number of benzene rings is 2. The molecule has 0 radical (unpaired) electrons. The van der Waals surface area contributed by atoms with E-state index >= 15 is 0 Å². The van der Waals surface area contributed by atoms with Crippen molar-refractivity contribution in [1.29, 1.82) is 0 Å². The van der Waals surface area contributed by atoms with E-state index in [0.29, 0.717) is 0 Å². The van der Waals surface area contributed by atoms with Gasteiger partial charge in [-0.15, -0.1) is 0 Å². The van der Waals surface area contributed by atoms with Crippen LogP contribution < -0.4 is 9.64 Å². The van der Waals surface area contributed by atoms with Gasteiger partial charge in [0.1, 0.15) is 5.75 Å². The highest BCUT2D eigenvalue weighted by atomic mass is 19.4. The molecule has 0 fully saturated rings. The van der Waals surface area contributed by atoms with Crippen LogP contribution in [0, 0.1) is 6.92 Å². The van der Waals surface area contributed by atoms with Crippen LogP contribution in [0.15, 0.2) is 36.4 Å². The summed E-state index contributed by atoms with van der Waals surface area (Å²) in [7, 11) is 1.14. The highest BCUT2D eigenvalue weighted by Crippen LogP contribution is 2.41. The first kappa shape index (κ1) is 16.0. The first-order valence-electron chi connectivity index (χ1n) is 6.99. The SMILES string of the molecule is COc1c(C)cc(N2C(=O)c3ccccc3C2=O)cc1C(F)(F)F. The summed E-state index contributed by atoms with van der Waals surface area (Å²) < 4.78 is 44.6. The van der Waals surface area contributed by atoms with Gasteiger partial charge in [-0.1, -0.05) is 12.1 Å². The van der Waals surface area contributed by atoms with Crippen LogP contribution in [0.1, 0.15) is 31.8 Å². The van der Waals surface area contributed by atoms with Crippen LogP contribution in [0.3, 0.4) is 0 Å². The number of nitrogens with zero attached hydrogens (tertiary/aromatic N) is 1. The largest absolute Gasteiger partial charge is 0.496 e. The molecule has 0 aromatic heterocycles. The van der Waals surface area contributed by atoms with Gasteiger partial charge in [0, 0.05) is 0 Å². The molecule has 1 heterocycles. The fourth-order valence-corrected chi connectivity index (χ4v) is 2.79. The minimum atomic E-state index is -4.68. The minimum Gasteiger partial charge on any atom is -0.496 e. The van der Waals surface area contributed by atoms with E-state index in [1.807, 2.05) is 0 Å². The van der Waals surface area contributed by atoms with Crippen molar-refractivity contribution in [3.63, 3.8) is 0 Å². The number of imide groups is 1. The first-order valence-corrected chi connectivity index (χ1v) is 6.99. The molecule has 2 aromatic rings. The quantitative estimate of drug-likeness (QED) is 0.784. The van der Waals surface area contributed by atoms with Crippen LogP contribution in [-0.4, -0.2) is 18.9 Å². The second kappa shape index (κ2) is 5.36. The van der Waals surface area contributed by atoms with Crippen LogP contribution in [0.4, 0.5) is 18.9 Å². The van der Waals surface area contributed by atoms with Gasteiger partial charge in [0.25, 0.3) is 11.8 Å². The Bertz CT molecular complexity index is 824. The summed E-state index contributed by atoms with van der Waals surface area (Å²) >= 11 is 0. The van der Waals surface area contributed by atoms with Crippen molar-refractivity contribution >= 4 is 17.5 Å². The fraction of sp³-hybridized carbons (Fsp3) is 0.176. The van der Waals surface area contributed by atoms with Crippen LogP contribution >= 0.6 is 0 Å². The molecule has 0 bridgehead atoms. The number of fused-ring (bicyclic) bond motifs is 1. The lowest BCUT2D eigenvalue weighted by Gasteiger charge is -2.20. The molecule has 2 amide bonds. The molecule has 0 atom stereocenters. The van der Waals surface area contributed by atoms with E-state index < -0.39 is 23.6 Å². The number of ether oxygens (including phenoxy) is 1.